The number of aryl methyl sites for hydroxylation is 1. The van der Waals surface area contributed by atoms with E-state index in [1.54, 1.807) is 6.33 Å². The molecule has 1 aromatic carbocycles. The highest BCUT2D eigenvalue weighted by Crippen LogP contribution is 2.31. The van der Waals surface area contributed by atoms with Crippen LogP contribution in [0.2, 0.25) is 0 Å². The minimum Gasteiger partial charge on any atom is -0.308 e. The molecule has 1 amide bonds. The summed E-state index contributed by atoms with van der Waals surface area (Å²) in [6, 6.07) is 8.70. The van der Waals surface area contributed by atoms with Gasteiger partial charge in [-0.15, -0.1) is 0 Å². The zero-order valence-corrected chi connectivity index (χ0v) is 13.3. The highest BCUT2D eigenvalue weighted by atomic mass is 16.2. The third-order valence-electron chi connectivity index (χ3n) is 4.82. The summed E-state index contributed by atoms with van der Waals surface area (Å²) in [4.78, 5) is 18.9. The minimum atomic E-state index is 0.145. The van der Waals surface area contributed by atoms with Crippen molar-refractivity contribution in [3.63, 3.8) is 0 Å². The van der Waals surface area contributed by atoms with Gasteiger partial charge in [-0.1, -0.05) is 18.2 Å². The number of anilines is 1. The van der Waals surface area contributed by atoms with Crippen LogP contribution in [0.3, 0.4) is 0 Å². The summed E-state index contributed by atoms with van der Waals surface area (Å²) < 4.78 is 1.93. The van der Waals surface area contributed by atoms with Crippen molar-refractivity contribution in [3.05, 3.63) is 42.0 Å². The van der Waals surface area contributed by atoms with Crippen LogP contribution in [-0.4, -0.2) is 39.3 Å². The average Bonchev–Trinajstić information content (AvgIpc) is 3.15. The molecule has 2 aromatic rings. The molecule has 0 radical (unpaired) electrons. The van der Waals surface area contributed by atoms with Crippen molar-refractivity contribution in [2.75, 3.05) is 11.4 Å². The molecule has 1 N–H and O–H groups in total. The molecule has 0 fully saturated rings. The largest absolute Gasteiger partial charge is 0.308 e. The van der Waals surface area contributed by atoms with E-state index in [0.29, 0.717) is 6.54 Å². The Bertz CT molecular complexity index is 725. The molecule has 1 aromatic heterocycles. The van der Waals surface area contributed by atoms with Gasteiger partial charge in [0.1, 0.15) is 12.2 Å². The third-order valence-corrected chi connectivity index (χ3v) is 4.82. The van der Waals surface area contributed by atoms with Crippen LogP contribution >= 0.6 is 0 Å². The van der Waals surface area contributed by atoms with Crippen molar-refractivity contribution in [3.8, 4) is 0 Å². The summed E-state index contributed by atoms with van der Waals surface area (Å²) in [5, 5.41) is 7.62. The Kier molecular flexibility index (Phi) is 3.61. The van der Waals surface area contributed by atoms with Crippen LogP contribution in [0.4, 0.5) is 5.69 Å². The molecule has 0 bridgehead atoms. The van der Waals surface area contributed by atoms with Crippen LogP contribution in [0.15, 0.2) is 30.6 Å². The van der Waals surface area contributed by atoms with Crippen LogP contribution in [0.5, 0.6) is 0 Å². The van der Waals surface area contributed by atoms with Gasteiger partial charge in [0.15, 0.2) is 0 Å². The van der Waals surface area contributed by atoms with Gasteiger partial charge in [0.05, 0.1) is 13.1 Å². The molecule has 6 nitrogen and oxygen atoms in total. The summed E-state index contributed by atoms with van der Waals surface area (Å²) in [5.41, 5.74) is 2.33. The molecule has 6 heteroatoms. The summed E-state index contributed by atoms with van der Waals surface area (Å²) in [5.74, 6) is 1.18. The molecular weight excluding hydrogens is 290 g/mol. The van der Waals surface area contributed by atoms with Crippen molar-refractivity contribution in [1.29, 1.82) is 0 Å². The quantitative estimate of drug-likeness (QED) is 0.924. The van der Waals surface area contributed by atoms with E-state index in [9.17, 15) is 4.79 Å². The Morgan fingerprint density at radius 3 is 3.17 bits per heavy atom. The first kappa shape index (κ1) is 14.4. The monoisotopic (exact) mass is 311 g/mol. The molecule has 0 unspecified atom stereocenters. The lowest BCUT2D eigenvalue weighted by Crippen LogP contribution is -2.46. The number of carbonyl (C=O) groups excluding carboxylic acids is 1. The van der Waals surface area contributed by atoms with Crippen LogP contribution in [0.1, 0.15) is 24.7 Å². The third kappa shape index (κ3) is 2.63. The number of nitrogens with one attached hydrogen (secondary N) is 1. The second-order valence-electron chi connectivity index (χ2n) is 6.42. The number of carbonyl (C=O) groups is 1. The highest BCUT2D eigenvalue weighted by molar-refractivity contribution is 5.97. The van der Waals surface area contributed by atoms with Crippen molar-refractivity contribution in [2.24, 2.45) is 0 Å². The second kappa shape index (κ2) is 5.77. The molecule has 23 heavy (non-hydrogen) atoms. The van der Waals surface area contributed by atoms with E-state index in [-0.39, 0.29) is 18.0 Å². The van der Waals surface area contributed by atoms with Gasteiger partial charge in [-0.05, 0) is 31.4 Å². The Morgan fingerprint density at radius 1 is 1.39 bits per heavy atom. The summed E-state index contributed by atoms with van der Waals surface area (Å²) in [7, 11) is 0. The molecular formula is C17H21N5O. The highest BCUT2D eigenvalue weighted by Gasteiger charge is 2.30. The molecule has 120 valence electrons. The van der Waals surface area contributed by atoms with Gasteiger partial charge >= 0.3 is 0 Å². The minimum absolute atomic E-state index is 0.145. The summed E-state index contributed by atoms with van der Waals surface area (Å²) >= 11 is 0. The van der Waals surface area contributed by atoms with Crippen LogP contribution in [0, 0.1) is 0 Å². The Hall–Kier alpha value is -2.21. The molecule has 3 heterocycles. The number of amides is 1. The van der Waals surface area contributed by atoms with E-state index in [1.807, 2.05) is 27.8 Å². The van der Waals surface area contributed by atoms with Gasteiger partial charge < -0.3 is 10.2 Å². The fraction of sp³-hybridized carbons (Fsp3) is 0.471. The van der Waals surface area contributed by atoms with Crippen LogP contribution in [0.25, 0.3) is 0 Å². The van der Waals surface area contributed by atoms with Crippen molar-refractivity contribution in [2.45, 2.75) is 44.8 Å². The van der Waals surface area contributed by atoms with E-state index in [0.717, 1.165) is 37.3 Å². The maximum atomic E-state index is 12.7. The smallest absolute Gasteiger partial charge is 0.241 e. The van der Waals surface area contributed by atoms with Gasteiger partial charge in [-0.3, -0.25) is 4.79 Å². The first-order valence-corrected chi connectivity index (χ1v) is 8.22. The predicted octanol–water partition coefficient (Wildman–Crippen LogP) is 1.16. The average molecular weight is 311 g/mol. The molecule has 2 aliphatic heterocycles. The Labute approximate surface area is 135 Å². The zero-order chi connectivity index (χ0) is 15.8. The second-order valence-corrected chi connectivity index (χ2v) is 6.42. The molecule has 0 aliphatic carbocycles. The first-order chi connectivity index (χ1) is 11.2. The Morgan fingerprint density at radius 2 is 2.26 bits per heavy atom. The number of benzene rings is 1. The molecule has 4 rings (SSSR count). The maximum absolute atomic E-state index is 12.7. The lowest BCUT2D eigenvalue weighted by atomic mass is 10.1. The van der Waals surface area contributed by atoms with Gasteiger partial charge in [-0.25, -0.2) is 9.67 Å². The molecule has 2 atom stereocenters. The van der Waals surface area contributed by atoms with E-state index in [2.05, 4.69) is 28.4 Å². The van der Waals surface area contributed by atoms with Crippen molar-refractivity contribution < 1.29 is 4.79 Å². The summed E-state index contributed by atoms with van der Waals surface area (Å²) in [6.07, 6.45) is 4.45. The van der Waals surface area contributed by atoms with Crippen molar-refractivity contribution >= 4 is 11.6 Å². The number of rotatable bonds is 3. The molecule has 0 saturated heterocycles. The van der Waals surface area contributed by atoms with Crippen molar-refractivity contribution in [1.82, 2.24) is 20.1 Å². The zero-order valence-electron chi connectivity index (χ0n) is 13.3. The Balaban J connectivity index is 1.39. The number of hydrogen-bond donors (Lipinski definition) is 1. The van der Waals surface area contributed by atoms with Crippen LogP contribution in [-0.2, 0) is 24.2 Å². The van der Waals surface area contributed by atoms with Gasteiger partial charge in [-0.2, -0.15) is 5.10 Å². The van der Waals surface area contributed by atoms with E-state index < -0.39 is 0 Å². The predicted molar refractivity (Wildman–Crippen MR) is 87.2 cm³/mol. The van der Waals surface area contributed by atoms with E-state index in [1.165, 1.54) is 5.56 Å². The van der Waals surface area contributed by atoms with E-state index >= 15 is 0 Å². The maximum Gasteiger partial charge on any atom is 0.241 e. The number of hydrogen-bond acceptors (Lipinski definition) is 4. The lowest BCUT2D eigenvalue weighted by Gasteiger charge is -2.26. The standard InChI is InChI=1S/C17H21N5O/c1-12-8-13-4-2-3-5-15(13)22(12)17(23)9-18-14-6-7-16-19-11-20-21(16)10-14/h2-5,11-12,14,18H,6-10H2,1H3/t12-,14+/m1/s1. The summed E-state index contributed by atoms with van der Waals surface area (Å²) in [6.45, 7) is 3.27. The SMILES string of the molecule is C[C@@H]1Cc2ccccc2N1C(=O)CN[C@H]1CCc2ncnn2C1. The number of nitrogens with zero attached hydrogens (tertiary/aromatic N) is 4. The number of fused-ring (bicyclic) bond motifs is 2. The normalized spacial score (nSPS) is 22.7. The van der Waals surface area contributed by atoms with Gasteiger partial charge in [0, 0.05) is 24.2 Å². The first-order valence-electron chi connectivity index (χ1n) is 8.22. The molecule has 0 spiro atoms. The van der Waals surface area contributed by atoms with Gasteiger partial charge in [0.25, 0.3) is 0 Å². The fourth-order valence-corrected chi connectivity index (χ4v) is 3.67. The molecule has 0 saturated carbocycles. The van der Waals surface area contributed by atoms with E-state index in [4.69, 9.17) is 0 Å². The van der Waals surface area contributed by atoms with Crippen LogP contribution < -0.4 is 10.2 Å². The lowest BCUT2D eigenvalue weighted by molar-refractivity contribution is -0.118. The van der Waals surface area contributed by atoms with Gasteiger partial charge in [0.2, 0.25) is 5.91 Å². The number of para-hydroxylation sites is 1. The fourth-order valence-electron chi connectivity index (χ4n) is 3.67. The molecule has 2 aliphatic rings. The number of aromatic nitrogens is 3. The topological polar surface area (TPSA) is 63.1 Å².